The molecule has 0 aliphatic rings. The maximum Gasteiger partial charge on any atom is 0.253 e. The number of benzene rings is 2. The number of rotatable bonds is 4. The molecule has 21 heavy (non-hydrogen) atoms. The number of carbonyl (C=O) groups is 1. The first-order valence-electron chi connectivity index (χ1n) is 6.47. The van der Waals surface area contributed by atoms with Crippen LogP contribution in [0.15, 0.2) is 46.9 Å². The summed E-state index contributed by atoms with van der Waals surface area (Å²) in [5.41, 5.74) is 1.95. The van der Waals surface area contributed by atoms with Crippen molar-refractivity contribution in [2.24, 2.45) is 0 Å². The number of anilines is 1. The summed E-state index contributed by atoms with van der Waals surface area (Å²) in [6.45, 7) is 0.360. The van der Waals surface area contributed by atoms with Crippen molar-refractivity contribution >= 4 is 27.5 Å². The average Bonchev–Trinajstić information content (AvgIpc) is 2.45. The van der Waals surface area contributed by atoms with Crippen LogP contribution < -0.4 is 5.32 Å². The predicted molar refractivity (Wildman–Crippen MR) is 85.9 cm³/mol. The summed E-state index contributed by atoms with van der Waals surface area (Å²) in [4.78, 5) is 13.4. The molecule has 0 aliphatic heterocycles. The van der Waals surface area contributed by atoms with Gasteiger partial charge in [0.15, 0.2) is 0 Å². The molecule has 0 saturated carbocycles. The quantitative estimate of drug-likeness (QED) is 0.906. The lowest BCUT2D eigenvalue weighted by atomic mass is 10.1. The molecular formula is C16H16BrFN2O. The van der Waals surface area contributed by atoms with Gasteiger partial charge in [0.1, 0.15) is 5.82 Å². The van der Waals surface area contributed by atoms with Crippen LogP contribution in [-0.4, -0.2) is 24.9 Å². The molecule has 2 aromatic rings. The smallest absolute Gasteiger partial charge is 0.253 e. The third-order valence-corrected chi connectivity index (χ3v) is 3.51. The number of nitrogens with one attached hydrogen (secondary N) is 1. The van der Waals surface area contributed by atoms with E-state index in [0.717, 1.165) is 5.69 Å². The van der Waals surface area contributed by atoms with E-state index in [-0.39, 0.29) is 11.7 Å². The normalized spacial score (nSPS) is 10.3. The van der Waals surface area contributed by atoms with Crippen molar-refractivity contribution in [1.29, 1.82) is 0 Å². The van der Waals surface area contributed by atoms with E-state index < -0.39 is 0 Å². The summed E-state index contributed by atoms with van der Waals surface area (Å²) in [5.74, 6) is -0.328. The Morgan fingerprint density at radius 1 is 1.24 bits per heavy atom. The van der Waals surface area contributed by atoms with Crippen LogP contribution >= 0.6 is 15.9 Å². The molecule has 0 saturated heterocycles. The third-order valence-electron chi connectivity index (χ3n) is 3.01. The van der Waals surface area contributed by atoms with Gasteiger partial charge in [0.2, 0.25) is 0 Å². The molecule has 0 aromatic heterocycles. The van der Waals surface area contributed by atoms with Crippen molar-refractivity contribution in [3.63, 3.8) is 0 Å². The topological polar surface area (TPSA) is 32.3 Å². The largest absolute Gasteiger partial charge is 0.381 e. The number of nitrogens with zero attached hydrogens (tertiary/aromatic N) is 1. The zero-order chi connectivity index (χ0) is 15.4. The van der Waals surface area contributed by atoms with Crippen LogP contribution in [0.1, 0.15) is 15.9 Å². The molecule has 0 bridgehead atoms. The summed E-state index contributed by atoms with van der Waals surface area (Å²) in [6, 6.07) is 12.1. The van der Waals surface area contributed by atoms with Gasteiger partial charge < -0.3 is 10.2 Å². The van der Waals surface area contributed by atoms with Gasteiger partial charge in [-0.1, -0.05) is 28.1 Å². The Balaban J connectivity index is 2.10. The summed E-state index contributed by atoms with van der Waals surface area (Å²) < 4.78 is 14.4. The van der Waals surface area contributed by atoms with Gasteiger partial charge in [-0.15, -0.1) is 0 Å². The van der Waals surface area contributed by atoms with Gasteiger partial charge in [-0.25, -0.2) is 4.39 Å². The van der Waals surface area contributed by atoms with Crippen LogP contribution in [0.25, 0.3) is 0 Å². The van der Waals surface area contributed by atoms with Gasteiger partial charge in [0, 0.05) is 41.9 Å². The number of hydrogen-bond acceptors (Lipinski definition) is 2. The second-order valence-corrected chi connectivity index (χ2v) is 5.79. The molecule has 0 fully saturated rings. The monoisotopic (exact) mass is 350 g/mol. The molecule has 0 unspecified atom stereocenters. The maximum atomic E-state index is 13.7. The van der Waals surface area contributed by atoms with Crippen molar-refractivity contribution < 1.29 is 9.18 Å². The van der Waals surface area contributed by atoms with Gasteiger partial charge in [-0.05, 0) is 30.3 Å². The SMILES string of the molecule is CN(C)C(=O)c1cccc(NCc2ccc(Br)cc2F)c1. The summed E-state index contributed by atoms with van der Waals surface area (Å²) in [5, 5.41) is 3.13. The molecule has 2 rings (SSSR count). The minimum Gasteiger partial charge on any atom is -0.381 e. The molecular weight excluding hydrogens is 335 g/mol. The van der Waals surface area contributed by atoms with Crippen molar-refractivity contribution in [2.75, 3.05) is 19.4 Å². The van der Waals surface area contributed by atoms with E-state index in [2.05, 4.69) is 21.2 Å². The van der Waals surface area contributed by atoms with Crippen LogP contribution in [0.4, 0.5) is 10.1 Å². The standard InChI is InChI=1S/C16H16BrFN2O/c1-20(2)16(21)11-4-3-5-14(8-11)19-10-12-6-7-13(17)9-15(12)18/h3-9,19H,10H2,1-2H3. The molecule has 5 heteroatoms. The predicted octanol–water partition coefficient (Wildman–Crippen LogP) is 3.90. The molecule has 2 aromatic carbocycles. The van der Waals surface area contributed by atoms with E-state index in [1.54, 1.807) is 44.4 Å². The van der Waals surface area contributed by atoms with Crippen molar-refractivity contribution in [3.8, 4) is 0 Å². The average molecular weight is 351 g/mol. The Morgan fingerprint density at radius 3 is 2.67 bits per heavy atom. The molecule has 110 valence electrons. The molecule has 1 amide bonds. The highest BCUT2D eigenvalue weighted by Crippen LogP contribution is 2.18. The highest BCUT2D eigenvalue weighted by atomic mass is 79.9. The number of carbonyl (C=O) groups excluding carboxylic acids is 1. The van der Waals surface area contributed by atoms with Crippen LogP contribution in [0.3, 0.4) is 0 Å². The Kier molecular flexibility index (Phi) is 4.96. The Labute approximate surface area is 131 Å². The fourth-order valence-corrected chi connectivity index (χ4v) is 2.22. The molecule has 0 atom stereocenters. The van der Waals surface area contributed by atoms with E-state index in [1.165, 1.54) is 11.0 Å². The van der Waals surface area contributed by atoms with Crippen molar-refractivity contribution in [1.82, 2.24) is 4.90 Å². The van der Waals surface area contributed by atoms with Crippen LogP contribution in [0, 0.1) is 5.82 Å². The van der Waals surface area contributed by atoms with E-state index in [4.69, 9.17) is 0 Å². The Morgan fingerprint density at radius 2 is 2.00 bits per heavy atom. The summed E-state index contributed by atoms with van der Waals surface area (Å²) in [7, 11) is 3.42. The Bertz CT molecular complexity index is 658. The fourth-order valence-electron chi connectivity index (χ4n) is 1.88. The first-order chi connectivity index (χ1) is 9.97. The minimum absolute atomic E-state index is 0.0616. The lowest BCUT2D eigenvalue weighted by Crippen LogP contribution is -2.21. The third kappa shape index (κ3) is 4.04. The van der Waals surface area contributed by atoms with Gasteiger partial charge >= 0.3 is 0 Å². The lowest BCUT2D eigenvalue weighted by molar-refractivity contribution is 0.0827. The first kappa shape index (κ1) is 15.5. The van der Waals surface area contributed by atoms with E-state index in [0.29, 0.717) is 22.1 Å². The van der Waals surface area contributed by atoms with Crippen molar-refractivity contribution in [3.05, 3.63) is 63.9 Å². The van der Waals surface area contributed by atoms with Gasteiger partial charge in [-0.2, -0.15) is 0 Å². The molecule has 0 spiro atoms. The van der Waals surface area contributed by atoms with E-state index in [1.807, 2.05) is 6.07 Å². The van der Waals surface area contributed by atoms with Crippen LogP contribution in [0.5, 0.6) is 0 Å². The first-order valence-corrected chi connectivity index (χ1v) is 7.26. The van der Waals surface area contributed by atoms with Crippen LogP contribution in [0.2, 0.25) is 0 Å². The lowest BCUT2D eigenvalue weighted by Gasteiger charge is -2.12. The molecule has 0 radical (unpaired) electrons. The number of hydrogen-bond donors (Lipinski definition) is 1. The highest BCUT2D eigenvalue weighted by molar-refractivity contribution is 9.10. The number of halogens is 2. The van der Waals surface area contributed by atoms with Crippen LogP contribution in [-0.2, 0) is 6.54 Å². The Hall–Kier alpha value is -1.88. The molecule has 0 heterocycles. The highest BCUT2D eigenvalue weighted by Gasteiger charge is 2.08. The molecule has 0 aliphatic carbocycles. The van der Waals surface area contributed by atoms with Gasteiger partial charge in [0.05, 0.1) is 0 Å². The van der Waals surface area contributed by atoms with Gasteiger partial charge in [0.25, 0.3) is 5.91 Å². The van der Waals surface area contributed by atoms with E-state index >= 15 is 0 Å². The second-order valence-electron chi connectivity index (χ2n) is 4.87. The summed E-state index contributed by atoms with van der Waals surface area (Å²) >= 11 is 3.23. The van der Waals surface area contributed by atoms with Gasteiger partial charge in [-0.3, -0.25) is 4.79 Å². The molecule has 3 nitrogen and oxygen atoms in total. The fraction of sp³-hybridized carbons (Fsp3) is 0.188. The second kappa shape index (κ2) is 6.72. The summed E-state index contributed by atoms with van der Waals surface area (Å²) in [6.07, 6.45) is 0. The molecule has 1 N–H and O–H groups in total. The number of amides is 1. The van der Waals surface area contributed by atoms with Crippen molar-refractivity contribution in [2.45, 2.75) is 6.54 Å². The zero-order valence-electron chi connectivity index (χ0n) is 11.9. The zero-order valence-corrected chi connectivity index (χ0v) is 13.4. The minimum atomic E-state index is -0.266. The maximum absolute atomic E-state index is 13.7. The van der Waals surface area contributed by atoms with E-state index in [9.17, 15) is 9.18 Å².